The molecule has 0 saturated carbocycles. The summed E-state index contributed by atoms with van der Waals surface area (Å²) in [5.74, 6) is 0.472. The van der Waals surface area contributed by atoms with Crippen LogP contribution in [0.3, 0.4) is 0 Å². The fourth-order valence-electron chi connectivity index (χ4n) is 4.94. The molecule has 41 heavy (non-hydrogen) atoms. The number of amides is 1. The van der Waals surface area contributed by atoms with Crippen molar-refractivity contribution in [2.24, 2.45) is 5.92 Å². The first kappa shape index (κ1) is 29.1. The minimum atomic E-state index is -0.509. The highest BCUT2D eigenvalue weighted by Gasteiger charge is 2.26. The van der Waals surface area contributed by atoms with Gasteiger partial charge in [-0.15, -0.1) is 29.3 Å². The number of aryl methyl sites for hydroxylation is 1. The van der Waals surface area contributed by atoms with Crippen molar-refractivity contribution >= 4 is 61.5 Å². The summed E-state index contributed by atoms with van der Waals surface area (Å²) in [7, 11) is 1.59. The number of carbonyl (C=O) groups excluding carboxylic acids is 2. The Kier molecular flexibility index (Phi) is 8.96. The Labute approximate surface area is 250 Å². The third-order valence-electron chi connectivity index (χ3n) is 6.95. The van der Waals surface area contributed by atoms with E-state index in [-0.39, 0.29) is 23.8 Å². The average Bonchev–Trinajstić information content (AvgIpc) is 3.54. The lowest BCUT2D eigenvalue weighted by Crippen LogP contribution is -2.24. The van der Waals surface area contributed by atoms with Crippen molar-refractivity contribution in [3.05, 3.63) is 68.7 Å². The van der Waals surface area contributed by atoms with Gasteiger partial charge in [-0.05, 0) is 55.4 Å². The number of thioether (sulfide) groups is 1. The van der Waals surface area contributed by atoms with Gasteiger partial charge in [0, 0.05) is 22.4 Å². The summed E-state index contributed by atoms with van der Waals surface area (Å²) < 4.78 is 12.1. The number of nitrogens with one attached hydrogen (secondary N) is 1. The summed E-state index contributed by atoms with van der Waals surface area (Å²) in [6.45, 7) is 8.29. The summed E-state index contributed by atoms with van der Waals surface area (Å²) in [6, 6.07) is 7.34. The Balaban J connectivity index is 1.39. The highest BCUT2D eigenvalue weighted by Crippen LogP contribution is 2.38. The molecular formula is C30H31N3O5S3. The lowest BCUT2D eigenvalue weighted by molar-refractivity contribution is -0.113. The largest absolute Gasteiger partial charge is 0.497 e. The predicted molar refractivity (Wildman–Crippen MR) is 167 cm³/mol. The number of rotatable bonds is 10. The minimum absolute atomic E-state index is 0.00917. The van der Waals surface area contributed by atoms with E-state index in [1.807, 2.05) is 29.6 Å². The van der Waals surface area contributed by atoms with Crippen LogP contribution in [0.15, 0.2) is 52.3 Å². The van der Waals surface area contributed by atoms with Crippen LogP contribution in [0.25, 0.3) is 21.3 Å². The van der Waals surface area contributed by atoms with Gasteiger partial charge < -0.3 is 14.8 Å². The van der Waals surface area contributed by atoms with Crippen LogP contribution in [0.1, 0.15) is 41.1 Å². The molecule has 0 radical (unpaired) electrons. The molecule has 0 saturated heterocycles. The fourth-order valence-corrected chi connectivity index (χ4v) is 8.14. The Hall–Kier alpha value is -3.41. The number of nitrogens with zero attached hydrogens (tertiary/aromatic N) is 2. The van der Waals surface area contributed by atoms with Gasteiger partial charge >= 0.3 is 5.97 Å². The molecule has 1 amide bonds. The molecule has 1 aliphatic rings. The second-order valence-electron chi connectivity index (χ2n) is 9.77. The second kappa shape index (κ2) is 12.6. The number of carbonyl (C=O) groups is 2. The standard InChI is InChI=1S/C30H31N3O5S3/c1-5-13-33-28(35)24-20-12-7-17(3)14-22(20)41-27(24)32-30(33)40-16-23(34)31-26-25(29(36)38-6-2)21(15-39-26)18-8-10-19(37-4)11-9-18/h5,8-11,15,17H,1,6-7,12-14,16H2,2-4H3,(H,31,34)/t17-/m1/s1. The zero-order valence-corrected chi connectivity index (χ0v) is 25.6. The van der Waals surface area contributed by atoms with Crippen molar-refractivity contribution < 1.29 is 19.1 Å². The van der Waals surface area contributed by atoms with Crippen LogP contribution in [0.4, 0.5) is 5.00 Å². The quantitative estimate of drug-likeness (QED) is 0.0960. The maximum Gasteiger partial charge on any atom is 0.341 e. The number of methoxy groups -OCH3 is 1. The van der Waals surface area contributed by atoms with Gasteiger partial charge in [-0.1, -0.05) is 36.9 Å². The molecule has 0 aliphatic heterocycles. The Morgan fingerprint density at radius 3 is 2.78 bits per heavy atom. The molecule has 1 aliphatic carbocycles. The lowest BCUT2D eigenvalue weighted by Gasteiger charge is -2.17. The van der Waals surface area contributed by atoms with Crippen LogP contribution in [0, 0.1) is 5.92 Å². The van der Waals surface area contributed by atoms with E-state index in [2.05, 4.69) is 18.8 Å². The topological polar surface area (TPSA) is 99.5 Å². The van der Waals surface area contributed by atoms with Crippen molar-refractivity contribution in [1.82, 2.24) is 9.55 Å². The highest BCUT2D eigenvalue weighted by molar-refractivity contribution is 7.99. The Bertz CT molecular complexity index is 1670. The van der Waals surface area contributed by atoms with Crippen LogP contribution < -0.4 is 15.6 Å². The first-order valence-corrected chi connectivity index (χ1v) is 16.0. The lowest BCUT2D eigenvalue weighted by atomic mass is 9.89. The smallest absolute Gasteiger partial charge is 0.341 e. The molecule has 214 valence electrons. The molecule has 1 atom stereocenters. The van der Waals surface area contributed by atoms with Crippen molar-refractivity contribution in [2.45, 2.75) is 44.8 Å². The monoisotopic (exact) mass is 609 g/mol. The number of thiophene rings is 2. The summed E-state index contributed by atoms with van der Waals surface area (Å²) in [4.78, 5) is 46.4. The highest BCUT2D eigenvalue weighted by atomic mass is 32.2. The molecule has 3 heterocycles. The molecule has 8 nitrogen and oxygen atoms in total. The van der Waals surface area contributed by atoms with E-state index in [0.717, 1.165) is 35.2 Å². The number of ether oxygens (including phenoxy) is 2. The van der Waals surface area contributed by atoms with Gasteiger partial charge in [0.1, 0.15) is 21.1 Å². The molecule has 0 spiro atoms. The van der Waals surface area contributed by atoms with Crippen LogP contribution >= 0.6 is 34.4 Å². The Morgan fingerprint density at radius 1 is 1.29 bits per heavy atom. The van der Waals surface area contributed by atoms with Crippen LogP contribution in [0.2, 0.25) is 0 Å². The van der Waals surface area contributed by atoms with Crippen molar-refractivity contribution in [2.75, 3.05) is 24.8 Å². The molecular weight excluding hydrogens is 579 g/mol. The van der Waals surface area contributed by atoms with Crippen molar-refractivity contribution in [1.29, 1.82) is 0 Å². The van der Waals surface area contributed by atoms with Gasteiger partial charge in [0.15, 0.2) is 5.16 Å². The zero-order chi connectivity index (χ0) is 29.1. The molecule has 3 aromatic heterocycles. The maximum atomic E-state index is 13.6. The number of allylic oxidation sites excluding steroid dienone is 1. The van der Waals surface area contributed by atoms with E-state index in [9.17, 15) is 14.4 Å². The molecule has 1 aromatic carbocycles. The number of aromatic nitrogens is 2. The average molecular weight is 610 g/mol. The summed E-state index contributed by atoms with van der Waals surface area (Å²) >= 11 is 4.04. The van der Waals surface area contributed by atoms with Gasteiger partial charge in [-0.3, -0.25) is 14.2 Å². The van der Waals surface area contributed by atoms with E-state index in [1.165, 1.54) is 28.0 Å². The van der Waals surface area contributed by atoms with Crippen molar-refractivity contribution in [3.8, 4) is 16.9 Å². The summed E-state index contributed by atoms with van der Waals surface area (Å²) in [5.41, 5.74) is 2.82. The molecule has 1 N–H and O–H groups in total. The second-order valence-corrected chi connectivity index (χ2v) is 12.7. The van der Waals surface area contributed by atoms with E-state index < -0.39 is 5.97 Å². The van der Waals surface area contributed by atoms with E-state index in [4.69, 9.17) is 14.5 Å². The predicted octanol–water partition coefficient (Wildman–Crippen LogP) is 6.41. The van der Waals surface area contributed by atoms with Gasteiger partial charge in [-0.25, -0.2) is 9.78 Å². The van der Waals surface area contributed by atoms with Gasteiger partial charge in [-0.2, -0.15) is 0 Å². The van der Waals surface area contributed by atoms with Gasteiger partial charge in [0.2, 0.25) is 5.91 Å². The molecule has 0 unspecified atom stereocenters. The third-order valence-corrected chi connectivity index (χ3v) is 9.97. The minimum Gasteiger partial charge on any atom is -0.497 e. The first-order valence-electron chi connectivity index (χ1n) is 13.4. The van der Waals surface area contributed by atoms with Crippen molar-refractivity contribution in [3.63, 3.8) is 0 Å². The van der Waals surface area contributed by atoms with Crippen LogP contribution in [0.5, 0.6) is 5.75 Å². The normalized spacial score (nSPS) is 14.5. The number of hydrogen-bond acceptors (Lipinski definition) is 9. The molecule has 0 fully saturated rings. The number of fused-ring (bicyclic) bond motifs is 3. The molecule has 5 rings (SSSR count). The SMILES string of the molecule is C=CCn1c(SCC(=O)Nc2scc(-c3ccc(OC)cc3)c2C(=O)OCC)nc2sc3c(c2c1=O)CC[C@@H](C)C3. The number of benzene rings is 1. The maximum absolute atomic E-state index is 13.6. The van der Waals surface area contributed by atoms with Gasteiger partial charge in [0.25, 0.3) is 5.56 Å². The summed E-state index contributed by atoms with van der Waals surface area (Å²) in [6.07, 6.45) is 4.58. The number of anilines is 1. The van der Waals surface area contributed by atoms with E-state index >= 15 is 0 Å². The van der Waals surface area contributed by atoms with Crippen LogP contribution in [-0.2, 0) is 28.9 Å². The fraction of sp³-hybridized carbons (Fsp3) is 0.333. The zero-order valence-electron chi connectivity index (χ0n) is 23.2. The number of esters is 1. The number of hydrogen-bond donors (Lipinski definition) is 1. The molecule has 11 heteroatoms. The summed E-state index contributed by atoms with van der Waals surface area (Å²) in [5, 5.41) is 6.29. The molecule has 0 bridgehead atoms. The van der Waals surface area contributed by atoms with E-state index in [1.54, 1.807) is 36.0 Å². The Morgan fingerprint density at radius 2 is 2.07 bits per heavy atom. The van der Waals surface area contributed by atoms with Gasteiger partial charge in [0.05, 0.1) is 24.9 Å². The van der Waals surface area contributed by atoms with Crippen LogP contribution in [-0.4, -0.2) is 40.9 Å². The van der Waals surface area contributed by atoms with E-state index in [0.29, 0.717) is 44.9 Å². The third kappa shape index (κ3) is 5.98. The molecule has 4 aromatic rings. The first-order chi connectivity index (χ1) is 19.8.